The lowest BCUT2D eigenvalue weighted by Gasteiger charge is -2.35. The summed E-state index contributed by atoms with van der Waals surface area (Å²) in [6.45, 7) is 2.33. The summed E-state index contributed by atoms with van der Waals surface area (Å²) in [5, 5.41) is 9.96. The van der Waals surface area contributed by atoms with Crippen molar-refractivity contribution in [2.75, 3.05) is 13.2 Å². The number of para-hydroxylation sites is 1. The molecular formula is C21H24N2O2S. The van der Waals surface area contributed by atoms with Crippen LogP contribution in [0.3, 0.4) is 0 Å². The van der Waals surface area contributed by atoms with Gasteiger partial charge in [-0.1, -0.05) is 42.0 Å². The normalized spacial score (nSPS) is 18.3. The van der Waals surface area contributed by atoms with Gasteiger partial charge in [0.05, 0.1) is 10.2 Å². The molecule has 1 saturated heterocycles. The predicted molar refractivity (Wildman–Crippen MR) is 106 cm³/mol. The SMILES string of the molecule is OCCC1CCCCN1Cc1ccc(Oc2nc3ccccc3s2)cc1. The molecule has 2 aromatic carbocycles. The Morgan fingerprint density at radius 3 is 2.77 bits per heavy atom. The van der Waals surface area contributed by atoms with Crippen LogP contribution in [0.25, 0.3) is 10.2 Å². The zero-order valence-corrected chi connectivity index (χ0v) is 15.6. The van der Waals surface area contributed by atoms with Crippen molar-refractivity contribution in [3.8, 4) is 10.9 Å². The lowest BCUT2D eigenvalue weighted by atomic mass is 9.99. The Labute approximate surface area is 158 Å². The van der Waals surface area contributed by atoms with Crippen molar-refractivity contribution in [3.63, 3.8) is 0 Å². The van der Waals surface area contributed by atoms with Crippen molar-refractivity contribution in [1.29, 1.82) is 0 Å². The number of rotatable bonds is 6. The molecule has 1 atom stereocenters. The average Bonchev–Trinajstić information content (AvgIpc) is 3.07. The number of aliphatic hydroxyl groups is 1. The molecular weight excluding hydrogens is 344 g/mol. The van der Waals surface area contributed by atoms with Crippen LogP contribution in [0.2, 0.25) is 0 Å². The third-order valence-electron chi connectivity index (χ3n) is 5.00. The number of nitrogens with zero attached hydrogens (tertiary/aromatic N) is 2. The summed E-state index contributed by atoms with van der Waals surface area (Å²) in [6, 6.07) is 16.9. The molecule has 0 saturated carbocycles. The number of ether oxygens (including phenoxy) is 1. The topological polar surface area (TPSA) is 45.6 Å². The molecule has 1 N–H and O–H groups in total. The van der Waals surface area contributed by atoms with Gasteiger partial charge in [0.25, 0.3) is 5.19 Å². The van der Waals surface area contributed by atoms with Crippen LogP contribution >= 0.6 is 11.3 Å². The van der Waals surface area contributed by atoms with E-state index in [-0.39, 0.29) is 6.61 Å². The predicted octanol–water partition coefficient (Wildman–Crippen LogP) is 4.83. The van der Waals surface area contributed by atoms with E-state index in [4.69, 9.17) is 4.74 Å². The molecule has 26 heavy (non-hydrogen) atoms. The molecule has 3 aromatic rings. The number of hydrogen-bond acceptors (Lipinski definition) is 5. The van der Waals surface area contributed by atoms with E-state index >= 15 is 0 Å². The highest BCUT2D eigenvalue weighted by atomic mass is 32.1. The molecule has 0 amide bonds. The molecule has 5 heteroatoms. The standard InChI is InChI=1S/C21H24N2O2S/c24-14-12-17-5-3-4-13-23(17)15-16-8-10-18(11-9-16)25-21-22-19-6-1-2-7-20(19)26-21/h1-2,6-11,17,24H,3-5,12-15H2. The number of aliphatic hydroxyl groups excluding tert-OH is 1. The van der Waals surface area contributed by atoms with E-state index in [2.05, 4.69) is 28.1 Å². The highest BCUT2D eigenvalue weighted by molar-refractivity contribution is 7.20. The second-order valence-electron chi connectivity index (χ2n) is 6.83. The zero-order valence-electron chi connectivity index (χ0n) is 14.8. The fourth-order valence-corrected chi connectivity index (χ4v) is 4.47. The van der Waals surface area contributed by atoms with Crippen LogP contribution in [0.15, 0.2) is 48.5 Å². The van der Waals surface area contributed by atoms with Crippen LogP contribution in [0.4, 0.5) is 0 Å². The molecule has 2 heterocycles. The number of piperidine rings is 1. The Balaban J connectivity index is 1.41. The quantitative estimate of drug-likeness (QED) is 0.677. The minimum atomic E-state index is 0.274. The van der Waals surface area contributed by atoms with Crippen molar-refractivity contribution in [3.05, 3.63) is 54.1 Å². The summed E-state index contributed by atoms with van der Waals surface area (Å²) in [4.78, 5) is 7.02. The summed E-state index contributed by atoms with van der Waals surface area (Å²) in [6.07, 6.45) is 4.59. The summed E-state index contributed by atoms with van der Waals surface area (Å²) in [7, 11) is 0. The van der Waals surface area contributed by atoms with Gasteiger partial charge in [0.15, 0.2) is 0 Å². The molecule has 0 aliphatic carbocycles. The molecule has 4 nitrogen and oxygen atoms in total. The second kappa shape index (κ2) is 8.16. The fourth-order valence-electron chi connectivity index (χ4n) is 3.64. The van der Waals surface area contributed by atoms with Gasteiger partial charge in [-0.15, -0.1) is 0 Å². The van der Waals surface area contributed by atoms with Gasteiger partial charge in [0.1, 0.15) is 5.75 Å². The zero-order chi connectivity index (χ0) is 17.8. The number of aromatic nitrogens is 1. The monoisotopic (exact) mass is 368 g/mol. The minimum absolute atomic E-state index is 0.274. The first-order valence-corrected chi connectivity index (χ1v) is 10.1. The van der Waals surface area contributed by atoms with Gasteiger partial charge in [-0.2, -0.15) is 0 Å². The van der Waals surface area contributed by atoms with Crippen molar-refractivity contribution < 1.29 is 9.84 Å². The molecule has 136 valence electrons. The minimum Gasteiger partial charge on any atom is -0.431 e. The van der Waals surface area contributed by atoms with Crippen molar-refractivity contribution in [2.24, 2.45) is 0 Å². The maximum absolute atomic E-state index is 9.28. The van der Waals surface area contributed by atoms with Crippen molar-refractivity contribution >= 4 is 21.6 Å². The van der Waals surface area contributed by atoms with E-state index in [1.54, 1.807) is 11.3 Å². The molecule has 0 bridgehead atoms. The molecule has 1 aliphatic rings. The van der Waals surface area contributed by atoms with Crippen LogP contribution in [0, 0.1) is 0 Å². The van der Waals surface area contributed by atoms with Crippen LogP contribution in [0.5, 0.6) is 10.9 Å². The van der Waals surface area contributed by atoms with Crippen LogP contribution in [-0.4, -0.2) is 34.2 Å². The van der Waals surface area contributed by atoms with E-state index in [1.807, 2.05) is 30.3 Å². The highest BCUT2D eigenvalue weighted by Crippen LogP contribution is 2.31. The Kier molecular flexibility index (Phi) is 5.48. The Morgan fingerprint density at radius 2 is 1.96 bits per heavy atom. The summed E-state index contributed by atoms with van der Waals surface area (Å²) in [5.74, 6) is 0.818. The van der Waals surface area contributed by atoms with Gasteiger partial charge in [-0.05, 0) is 55.6 Å². The fraction of sp³-hybridized carbons (Fsp3) is 0.381. The first-order valence-electron chi connectivity index (χ1n) is 9.29. The third kappa shape index (κ3) is 4.06. The summed E-state index contributed by atoms with van der Waals surface area (Å²) in [5.41, 5.74) is 2.26. The molecule has 1 unspecified atom stereocenters. The number of thiazole rings is 1. The smallest absolute Gasteiger partial charge is 0.279 e. The maximum Gasteiger partial charge on any atom is 0.279 e. The van der Waals surface area contributed by atoms with Gasteiger partial charge in [-0.3, -0.25) is 4.90 Å². The summed E-state index contributed by atoms with van der Waals surface area (Å²) < 4.78 is 7.07. The van der Waals surface area contributed by atoms with Gasteiger partial charge in [-0.25, -0.2) is 4.98 Å². The lowest BCUT2D eigenvalue weighted by molar-refractivity contribution is 0.112. The molecule has 4 rings (SSSR count). The van der Waals surface area contributed by atoms with Crippen LogP contribution in [-0.2, 0) is 6.54 Å². The van der Waals surface area contributed by atoms with E-state index in [1.165, 1.54) is 24.8 Å². The van der Waals surface area contributed by atoms with E-state index in [9.17, 15) is 5.11 Å². The van der Waals surface area contributed by atoms with Crippen molar-refractivity contribution in [1.82, 2.24) is 9.88 Å². The Hall–Kier alpha value is -1.95. The first kappa shape index (κ1) is 17.5. The van der Waals surface area contributed by atoms with Crippen molar-refractivity contribution in [2.45, 2.75) is 38.3 Å². The summed E-state index contributed by atoms with van der Waals surface area (Å²) >= 11 is 1.57. The van der Waals surface area contributed by atoms with E-state index < -0.39 is 0 Å². The van der Waals surface area contributed by atoms with E-state index in [0.717, 1.165) is 35.5 Å². The maximum atomic E-state index is 9.28. The van der Waals surface area contributed by atoms with E-state index in [0.29, 0.717) is 11.2 Å². The third-order valence-corrected chi connectivity index (χ3v) is 5.91. The molecule has 0 radical (unpaired) electrons. The average molecular weight is 369 g/mol. The highest BCUT2D eigenvalue weighted by Gasteiger charge is 2.21. The Morgan fingerprint density at radius 1 is 1.12 bits per heavy atom. The number of hydrogen-bond donors (Lipinski definition) is 1. The number of likely N-dealkylation sites (tertiary alicyclic amines) is 1. The van der Waals surface area contributed by atoms with Crippen LogP contribution < -0.4 is 4.74 Å². The number of fused-ring (bicyclic) bond motifs is 1. The molecule has 1 aromatic heterocycles. The number of benzene rings is 2. The van der Waals surface area contributed by atoms with Gasteiger partial charge in [0, 0.05) is 19.2 Å². The molecule has 1 fully saturated rings. The molecule has 1 aliphatic heterocycles. The van der Waals surface area contributed by atoms with Gasteiger partial charge >= 0.3 is 0 Å². The Bertz CT molecular complexity index is 812. The first-order chi connectivity index (χ1) is 12.8. The lowest BCUT2D eigenvalue weighted by Crippen LogP contribution is -2.39. The second-order valence-corrected chi connectivity index (χ2v) is 7.82. The van der Waals surface area contributed by atoms with Crippen LogP contribution in [0.1, 0.15) is 31.2 Å². The van der Waals surface area contributed by atoms with Gasteiger partial charge in [0.2, 0.25) is 0 Å². The van der Waals surface area contributed by atoms with Gasteiger partial charge < -0.3 is 9.84 Å². The molecule has 0 spiro atoms. The largest absolute Gasteiger partial charge is 0.431 e.